The van der Waals surface area contributed by atoms with Crippen LogP contribution in [0.5, 0.6) is 5.75 Å². The average molecular weight is 611 g/mol. The highest BCUT2D eigenvalue weighted by atomic mass is 16.3. The number of nitrogens with zero attached hydrogens (tertiary/aromatic N) is 2. The van der Waals surface area contributed by atoms with Crippen LogP contribution >= 0.6 is 0 Å². The van der Waals surface area contributed by atoms with Gasteiger partial charge in [-0.15, -0.1) is 6.58 Å². The molecule has 2 aliphatic heterocycles. The van der Waals surface area contributed by atoms with E-state index in [2.05, 4.69) is 19.7 Å². The van der Waals surface area contributed by atoms with Crippen LogP contribution in [-0.2, 0) is 25.6 Å². The van der Waals surface area contributed by atoms with Gasteiger partial charge in [0.05, 0.1) is 35.0 Å². The van der Waals surface area contributed by atoms with E-state index in [-0.39, 0.29) is 35.8 Å². The number of hydrogen-bond acceptors (Lipinski definition) is 5. The highest BCUT2D eigenvalue weighted by molar-refractivity contribution is 6.24. The van der Waals surface area contributed by atoms with Gasteiger partial charge in [0, 0.05) is 11.5 Å². The number of benzene rings is 3. The number of anilines is 2. The SMILES string of the molecule is C=CCc1cccc([C@H]2C3=CC[C@@H]4C(=O)N(c5ccc(C=C)cc5)C(=O)[C@@H]4[C@@H]3C[C@H]3C(=O)N(c4ccc(C=C)cc4)C(=O)[C@@H]23)c1O. The number of amides is 4. The molecule has 7 rings (SSSR count). The molecule has 0 unspecified atom stereocenters. The molecule has 0 radical (unpaired) electrons. The van der Waals surface area contributed by atoms with Crippen LogP contribution in [0.2, 0.25) is 0 Å². The van der Waals surface area contributed by atoms with Gasteiger partial charge in [-0.2, -0.15) is 0 Å². The van der Waals surface area contributed by atoms with Crippen molar-refractivity contribution in [1.29, 1.82) is 0 Å². The van der Waals surface area contributed by atoms with Gasteiger partial charge in [-0.25, -0.2) is 0 Å². The van der Waals surface area contributed by atoms with Gasteiger partial charge >= 0.3 is 0 Å². The van der Waals surface area contributed by atoms with Crippen LogP contribution < -0.4 is 9.80 Å². The number of imide groups is 2. The van der Waals surface area contributed by atoms with Gasteiger partial charge in [-0.05, 0) is 66.1 Å². The maximum absolute atomic E-state index is 14.3. The molecule has 0 bridgehead atoms. The van der Waals surface area contributed by atoms with E-state index in [0.29, 0.717) is 35.3 Å². The Labute approximate surface area is 267 Å². The molecule has 0 aromatic heterocycles. The fourth-order valence-corrected chi connectivity index (χ4v) is 8.15. The van der Waals surface area contributed by atoms with E-state index in [9.17, 15) is 24.3 Å². The van der Waals surface area contributed by atoms with E-state index in [4.69, 9.17) is 0 Å². The van der Waals surface area contributed by atoms with E-state index in [0.717, 1.165) is 16.7 Å². The Balaban J connectivity index is 1.34. The molecule has 1 saturated carbocycles. The molecule has 4 amide bonds. The number of allylic oxidation sites excluding steroid dienone is 3. The zero-order valence-electron chi connectivity index (χ0n) is 25.3. The van der Waals surface area contributed by atoms with Gasteiger partial charge in [0.25, 0.3) is 0 Å². The topological polar surface area (TPSA) is 95.0 Å². The van der Waals surface area contributed by atoms with Crippen molar-refractivity contribution in [1.82, 2.24) is 0 Å². The molecule has 7 heteroatoms. The Morgan fingerprint density at radius 1 is 0.696 bits per heavy atom. The van der Waals surface area contributed by atoms with Crippen LogP contribution in [-0.4, -0.2) is 28.7 Å². The molecule has 0 spiro atoms. The highest BCUT2D eigenvalue weighted by Gasteiger charge is 2.62. The summed E-state index contributed by atoms with van der Waals surface area (Å²) in [6.45, 7) is 11.4. The third-order valence-electron chi connectivity index (χ3n) is 10.3. The van der Waals surface area contributed by atoms with Crippen LogP contribution in [0.4, 0.5) is 11.4 Å². The molecule has 3 aromatic carbocycles. The van der Waals surface area contributed by atoms with E-state index >= 15 is 0 Å². The number of aromatic hydroxyl groups is 1. The van der Waals surface area contributed by atoms with Crippen molar-refractivity contribution in [3.05, 3.63) is 126 Å². The second kappa shape index (κ2) is 11.2. The summed E-state index contributed by atoms with van der Waals surface area (Å²) in [6.07, 6.45) is 8.09. The number of carbonyl (C=O) groups excluding carboxylic acids is 4. The predicted molar refractivity (Wildman–Crippen MR) is 178 cm³/mol. The van der Waals surface area contributed by atoms with Gasteiger partial charge < -0.3 is 5.11 Å². The second-order valence-corrected chi connectivity index (χ2v) is 12.5. The Morgan fingerprint density at radius 3 is 1.83 bits per heavy atom. The Morgan fingerprint density at radius 2 is 1.26 bits per heavy atom. The summed E-state index contributed by atoms with van der Waals surface area (Å²) in [6, 6.07) is 19.6. The molecule has 7 nitrogen and oxygen atoms in total. The average Bonchev–Trinajstić information content (AvgIpc) is 3.48. The number of para-hydroxylation sites is 1. The summed E-state index contributed by atoms with van der Waals surface area (Å²) in [5.74, 6) is -5.03. The molecule has 2 aliphatic carbocycles. The molecular weight excluding hydrogens is 576 g/mol. The van der Waals surface area contributed by atoms with Crippen LogP contribution in [0.25, 0.3) is 12.2 Å². The summed E-state index contributed by atoms with van der Waals surface area (Å²) < 4.78 is 0. The van der Waals surface area contributed by atoms with Gasteiger partial charge in [0.2, 0.25) is 23.6 Å². The highest BCUT2D eigenvalue weighted by Crippen LogP contribution is 2.59. The second-order valence-electron chi connectivity index (χ2n) is 12.5. The van der Waals surface area contributed by atoms with Gasteiger partial charge in [0.15, 0.2) is 0 Å². The first kappa shape index (κ1) is 29.4. The maximum atomic E-state index is 14.3. The van der Waals surface area contributed by atoms with Crippen molar-refractivity contribution < 1.29 is 24.3 Å². The quantitative estimate of drug-likeness (QED) is 0.245. The fraction of sp³-hybridized carbons (Fsp3) is 0.231. The molecule has 3 aromatic rings. The largest absolute Gasteiger partial charge is 0.507 e. The first-order valence-electron chi connectivity index (χ1n) is 15.6. The molecule has 2 saturated heterocycles. The van der Waals surface area contributed by atoms with Crippen LogP contribution in [0.1, 0.15) is 41.0 Å². The molecule has 1 N–H and O–H groups in total. The minimum atomic E-state index is -0.773. The number of phenols is 1. The molecule has 230 valence electrons. The summed E-state index contributed by atoms with van der Waals surface area (Å²) in [4.78, 5) is 59.1. The summed E-state index contributed by atoms with van der Waals surface area (Å²) in [5, 5.41) is 11.6. The molecular formula is C39H34N2O5. The lowest BCUT2D eigenvalue weighted by Crippen LogP contribution is -2.43. The number of fused-ring (bicyclic) bond motifs is 4. The van der Waals surface area contributed by atoms with Crippen molar-refractivity contribution in [2.45, 2.75) is 25.2 Å². The number of hydrogen-bond donors (Lipinski definition) is 1. The number of rotatable bonds is 7. The van der Waals surface area contributed by atoms with Crippen LogP contribution in [0.15, 0.2) is 104 Å². The molecule has 2 heterocycles. The Hall–Kier alpha value is -5.30. The molecule has 6 atom stereocenters. The number of phenolic OH excluding ortho intramolecular Hbond substituents is 1. The lowest BCUT2D eigenvalue weighted by atomic mass is 9.57. The Bertz CT molecular complexity index is 1850. The van der Waals surface area contributed by atoms with Crippen molar-refractivity contribution >= 4 is 47.2 Å². The predicted octanol–water partition coefficient (Wildman–Crippen LogP) is 6.45. The third-order valence-corrected chi connectivity index (χ3v) is 10.3. The van der Waals surface area contributed by atoms with E-state index in [1.807, 2.05) is 30.3 Å². The van der Waals surface area contributed by atoms with Gasteiger partial charge in [-0.1, -0.05) is 85.5 Å². The van der Waals surface area contributed by atoms with Crippen molar-refractivity contribution in [3.63, 3.8) is 0 Å². The van der Waals surface area contributed by atoms with Crippen LogP contribution in [0, 0.1) is 29.6 Å². The minimum Gasteiger partial charge on any atom is -0.507 e. The lowest BCUT2D eigenvalue weighted by molar-refractivity contribution is -0.126. The zero-order valence-corrected chi connectivity index (χ0v) is 25.3. The molecule has 4 aliphatic rings. The van der Waals surface area contributed by atoms with E-state index in [1.165, 1.54) is 9.80 Å². The van der Waals surface area contributed by atoms with E-state index in [1.54, 1.807) is 60.7 Å². The van der Waals surface area contributed by atoms with Crippen molar-refractivity contribution in [2.24, 2.45) is 29.6 Å². The van der Waals surface area contributed by atoms with Crippen molar-refractivity contribution in [3.8, 4) is 5.75 Å². The first-order valence-corrected chi connectivity index (χ1v) is 15.6. The fourth-order valence-electron chi connectivity index (χ4n) is 8.15. The van der Waals surface area contributed by atoms with Gasteiger partial charge in [0.1, 0.15) is 5.75 Å². The lowest BCUT2D eigenvalue weighted by Gasteiger charge is -2.44. The maximum Gasteiger partial charge on any atom is 0.238 e. The number of carbonyl (C=O) groups is 4. The minimum absolute atomic E-state index is 0.0571. The third kappa shape index (κ3) is 4.33. The summed E-state index contributed by atoms with van der Waals surface area (Å²) in [7, 11) is 0. The summed E-state index contributed by atoms with van der Waals surface area (Å²) >= 11 is 0. The smallest absolute Gasteiger partial charge is 0.238 e. The zero-order chi connectivity index (χ0) is 32.3. The first-order chi connectivity index (χ1) is 22.3. The van der Waals surface area contributed by atoms with Crippen LogP contribution in [0.3, 0.4) is 0 Å². The summed E-state index contributed by atoms with van der Waals surface area (Å²) in [5.41, 5.74) is 4.74. The Kier molecular flexibility index (Phi) is 7.19. The molecule has 3 fully saturated rings. The van der Waals surface area contributed by atoms with Gasteiger partial charge in [-0.3, -0.25) is 29.0 Å². The monoisotopic (exact) mass is 610 g/mol. The molecule has 46 heavy (non-hydrogen) atoms. The standard InChI is InChI=1S/C39H34N2O5/c1-4-8-24-9-7-10-28(35(24)42)32-27-19-20-29-33(38(45)40(36(29)43)25-15-11-22(5-2)12-16-25)30(27)21-31-34(32)39(46)41(37(31)44)26-17-13-23(6-3)14-18-26/h4-7,9-19,29-34,42H,1-3,8,20-21H2/t29-,30+,31+,32+,33-,34+/m0/s1. The van der Waals surface area contributed by atoms with Crippen molar-refractivity contribution in [2.75, 3.05) is 9.80 Å². The normalized spacial score (nSPS) is 26.7. The van der Waals surface area contributed by atoms with E-state index < -0.39 is 35.5 Å².